The molecule has 2 N–H and O–H groups in total. The number of unbranched alkanes of at least 4 members (excludes halogenated alkanes) is 3. The van der Waals surface area contributed by atoms with E-state index in [0.29, 0.717) is 19.4 Å². The molecule has 7 nitrogen and oxygen atoms in total. The Bertz CT molecular complexity index is 559. The maximum Gasteiger partial charge on any atom is 0.273 e. The Morgan fingerprint density at radius 3 is 2.48 bits per heavy atom. The number of aliphatic hydroxyl groups excluding tert-OH is 1. The fraction of sp³-hybridized carbons (Fsp3) is 0.538. The Labute approximate surface area is 124 Å². The van der Waals surface area contributed by atoms with Gasteiger partial charge in [-0.2, -0.15) is 0 Å². The van der Waals surface area contributed by atoms with Crippen LogP contribution in [-0.4, -0.2) is 31.6 Å². The number of nitro benzene ring substituents is 1. The van der Waals surface area contributed by atoms with Gasteiger partial charge in [0.1, 0.15) is 0 Å². The molecule has 0 aromatic heterocycles. The Morgan fingerprint density at radius 1 is 1.14 bits per heavy atom. The Morgan fingerprint density at radius 2 is 1.81 bits per heavy atom. The summed E-state index contributed by atoms with van der Waals surface area (Å²) in [4.78, 5) is 10.3. The summed E-state index contributed by atoms with van der Waals surface area (Å²) < 4.78 is 26.2. The van der Waals surface area contributed by atoms with Crippen LogP contribution in [0.4, 0.5) is 5.69 Å². The molecule has 1 aromatic rings. The molecule has 0 spiro atoms. The minimum absolute atomic E-state index is 0.142. The van der Waals surface area contributed by atoms with Crippen LogP contribution < -0.4 is 4.72 Å². The number of nitro groups is 1. The highest BCUT2D eigenvalue weighted by Crippen LogP contribution is 2.19. The monoisotopic (exact) mass is 316 g/mol. The minimum Gasteiger partial charge on any atom is -0.396 e. The lowest BCUT2D eigenvalue weighted by Crippen LogP contribution is -2.26. The van der Waals surface area contributed by atoms with Gasteiger partial charge in [-0.15, -0.1) is 0 Å². The fourth-order valence-corrected chi connectivity index (χ4v) is 3.10. The smallest absolute Gasteiger partial charge is 0.273 e. The van der Waals surface area contributed by atoms with Crippen LogP contribution in [-0.2, 0) is 15.8 Å². The molecular weight excluding hydrogens is 296 g/mol. The van der Waals surface area contributed by atoms with E-state index < -0.39 is 20.7 Å². The summed E-state index contributed by atoms with van der Waals surface area (Å²) in [7, 11) is -3.59. The molecule has 21 heavy (non-hydrogen) atoms. The van der Waals surface area contributed by atoms with E-state index in [1.54, 1.807) is 6.07 Å². The van der Waals surface area contributed by atoms with Crippen LogP contribution >= 0.6 is 0 Å². The largest absolute Gasteiger partial charge is 0.396 e. The van der Waals surface area contributed by atoms with Crippen molar-refractivity contribution in [3.8, 4) is 0 Å². The van der Waals surface area contributed by atoms with Crippen molar-refractivity contribution in [2.24, 2.45) is 0 Å². The van der Waals surface area contributed by atoms with Gasteiger partial charge in [-0.25, -0.2) is 13.1 Å². The molecule has 0 fully saturated rings. The van der Waals surface area contributed by atoms with Crippen LogP contribution in [0, 0.1) is 10.1 Å². The van der Waals surface area contributed by atoms with Crippen LogP contribution in [0.15, 0.2) is 24.3 Å². The molecule has 0 aliphatic carbocycles. The first kappa shape index (κ1) is 17.5. The summed E-state index contributed by atoms with van der Waals surface area (Å²) in [6.07, 6.45) is 3.07. The first-order chi connectivity index (χ1) is 9.96. The molecule has 0 aliphatic heterocycles. The molecule has 0 heterocycles. The van der Waals surface area contributed by atoms with Gasteiger partial charge in [0.15, 0.2) is 0 Å². The Kier molecular flexibility index (Phi) is 7.27. The second-order valence-corrected chi connectivity index (χ2v) is 6.48. The molecule has 8 heteroatoms. The lowest BCUT2D eigenvalue weighted by atomic mass is 10.2. The van der Waals surface area contributed by atoms with Crippen molar-refractivity contribution < 1.29 is 18.4 Å². The molecule has 0 amide bonds. The topological polar surface area (TPSA) is 110 Å². The SMILES string of the molecule is O=[N+]([O-])c1ccccc1CS(=O)(=O)NCCCCCCO. The molecule has 0 radical (unpaired) electrons. The van der Waals surface area contributed by atoms with E-state index in [4.69, 9.17) is 5.11 Å². The van der Waals surface area contributed by atoms with E-state index in [9.17, 15) is 18.5 Å². The molecular formula is C13H20N2O5S. The minimum atomic E-state index is -3.59. The summed E-state index contributed by atoms with van der Waals surface area (Å²) in [6, 6.07) is 5.81. The summed E-state index contributed by atoms with van der Waals surface area (Å²) >= 11 is 0. The van der Waals surface area contributed by atoms with Crippen molar-refractivity contribution in [2.45, 2.75) is 31.4 Å². The van der Waals surface area contributed by atoms with Crippen molar-refractivity contribution in [3.05, 3.63) is 39.9 Å². The molecule has 0 saturated heterocycles. The lowest BCUT2D eigenvalue weighted by Gasteiger charge is -2.07. The van der Waals surface area contributed by atoms with Gasteiger partial charge in [-0.3, -0.25) is 10.1 Å². The highest BCUT2D eigenvalue weighted by molar-refractivity contribution is 7.88. The van der Waals surface area contributed by atoms with Gasteiger partial charge in [0.25, 0.3) is 5.69 Å². The normalized spacial score (nSPS) is 11.5. The second-order valence-electron chi connectivity index (χ2n) is 4.68. The number of nitrogens with one attached hydrogen (secondary N) is 1. The van der Waals surface area contributed by atoms with Gasteiger partial charge in [-0.05, 0) is 12.8 Å². The second kappa shape index (κ2) is 8.71. The number of para-hydroxylation sites is 1. The number of nitrogens with zero attached hydrogens (tertiary/aromatic N) is 1. The standard InChI is InChI=1S/C13H20N2O5S/c16-10-6-2-1-5-9-14-21(19,20)11-12-7-3-4-8-13(12)15(17)18/h3-4,7-8,14,16H,1-2,5-6,9-11H2. The molecule has 0 atom stereocenters. The Hall–Kier alpha value is -1.51. The van der Waals surface area contributed by atoms with E-state index in [2.05, 4.69) is 4.72 Å². The number of hydrogen-bond acceptors (Lipinski definition) is 5. The lowest BCUT2D eigenvalue weighted by molar-refractivity contribution is -0.385. The molecule has 0 unspecified atom stereocenters. The quantitative estimate of drug-likeness (QED) is 0.387. The maximum atomic E-state index is 11.9. The number of hydrogen-bond donors (Lipinski definition) is 2. The van der Waals surface area contributed by atoms with Crippen LogP contribution in [0.25, 0.3) is 0 Å². The average molecular weight is 316 g/mol. The summed E-state index contributed by atoms with van der Waals surface area (Å²) in [5.74, 6) is -0.402. The summed E-state index contributed by atoms with van der Waals surface area (Å²) in [5, 5.41) is 19.5. The van der Waals surface area contributed by atoms with Gasteiger partial charge in [0, 0.05) is 24.8 Å². The van der Waals surface area contributed by atoms with E-state index in [1.807, 2.05) is 0 Å². The zero-order valence-electron chi connectivity index (χ0n) is 11.7. The van der Waals surface area contributed by atoms with Gasteiger partial charge in [-0.1, -0.05) is 31.0 Å². The van der Waals surface area contributed by atoms with Gasteiger partial charge in [0.05, 0.1) is 10.7 Å². The summed E-state index contributed by atoms with van der Waals surface area (Å²) in [6.45, 7) is 0.442. The van der Waals surface area contributed by atoms with E-state index in [-0.39, 0.29) is 17.9 Å². The van der Waals surface area contributed by atoms with E-state index in [1.165, 1.54) is 18.2 Å². The van der Waals surface area contributed by atoms with E-state index in [0.717, 1.165) is 12.8 Å². The molecule has 1 aromatic carbocycles. The third kappa shape index (κ3) is 6.65. The Balaban J connectivity index is 2.51. The first-order valence-corrected chi connectivity index (χ1v) is 8.42. The van der Waals surface area contributed by atoms with Crippen molar-refractivity contribution in [2.75, 3.05) is 13.2 Å². The van der Waals surface area contributed by atoms with Gasteiger partial charge >= 0.3 is 0 Å². The molecule has 0 saturated carbocycles. The predicted octanol–water partition coefficient (Wildman–Crippen LogP) is 1.57. The molecule has 1 rings (SSSR count). The maximum absolute atomic E-state index is 11.9. The predicted molar refractivity (Wildman–Crippen MR) is 79.3 cm³/mol. The van der Waals surface area contributed by atoms with Crippen LogP contribution in [0.1, 0.15) is 31.2 Å². The van der Waals surface area contributed by atoms with Crippen LogP contribution in [0.5, 0.6) is 0 Å². The number of aliphatic hydroxyl groups is 1. The fourth-order valence-electron chi connectivity index (χ4n) is 1.88. The van der Waals surface area contributed by atoms with Crippen LogP contribution in [0.3, 0.4) is 0 Å². The number of benzene rings is 1. The number of sulfonamides is 1. The zero-order chi connectivity index (χ0) is 15.7. The van der Waals surface area contributed by atoms with Gasteiger partial charge < -0.3 is 5.11 Å². The molecule has 0 bridgehead atoms. The zero-order valence-corrected chi connectivity index (χ0v) is 12.5. The third-order valence-electron chi connectivity index (χ3n) is 2.94. The molecule has 0 aliphatic rings. The molecule has 118 valence electrons. The highest BCUT2D eigenvalue weighted by atomic mass is 32.2. The van der Waals surface area contributed by atoms with Crippen molar-refractivity contribution >= 4 is 15.7 Å². The van der Waals surface area contributed by atoms with Gasteiger partial charge in [0.2, 0.25) is 10.0 Å². The van der Waals surface area contributed by atoms with Crippen molar-refractivity contribution in [3.63, 3.8) is 0 Å². The first-order valence-electron chi connectivity index (χ1n) is 6.77. The van der Waals surface area contributed by atoms with E-state index >= 15 is 0 Å². The third-order valence-corrected chi connectivity index (χ3v) is 4.28. The summed E-state index contributed by atoms with van der Waals surface area (Å²) in [5.41, 5.74) is -0.0129. The van der Waals surface area contributed by atoms with Crippen molar-refractivity contribution in [1.82, 2.24) is 4.72 Å². The number of rotatable bonds is 10. The highest BCUT2D eigenvalue weighted by Gasteiger charge is 2.19. The van der Waals surface area contributed by atoms with Crippen LogP contribution in [0.2, 0.25) is 0 Å². The van der Waals surface area contributed by atoms with Crippen molar-refractivity contribution in [1.29, 1.82) is 0 Å². The average Bonchev–Trinajstić information content (AvgIpc) is 2.42.